The molecule has 0 atom stereocenters. The third kappa shape index (κ3) is 2.74. The first-order chi connectivity index (χ1) is 10.2. The number of aromatic nitrogens is 2. The van der Waals surface area contributed by atoms with E-state index in [2.05, 4.69) is 29.1 Å². The normalized spacial score (nSPS) is 12.8. The monoisotopic (exact) mass is 305 g/mol. The molecule has 1 aliphatic rings. The molecule has 0 saturated heterocycles. The molecule has 1 aromatic carbocycles. The summed E-state index contributed by atoms with van der Waals surface area (Å²) in [5.41, 5.74) is 1.94. The number of ether oxygens (including phenoxy) is 2. The average Bonchev–Trinajstić information content (AvgIpc) is 2.93. The maximum Gasteiger partial charge on any atom is 0.231 e. The number of fused-ring (bicyclic) bond motifs is 1. The third-order valence-corrected chi connectivity index (χ3v) is 3.64. The number of para-hydroxylation sites is 1. The number of rotatable bonds is 4. The maximum absolute atomic E-state index is 6.16. The highest BCUT2D eigenvalue weighted by Gasteiger charge is 2.18. The predicted molar refractivity (Wildman–Crippen MR) is 81.0 cm³/mol. The van der Waals surface area contributed by atoms with Gasteiger partial charge in [0.15, 0.2) is 11.5 Å². The molecule has 2 aromatic rings. The SMILES string of the molecule is CC(C)c1c(Cl)ncnc1NCc1cccc2c1OCO2. The summed E-state index contributed by atoms with van der Waals surface area (Å²) in [4.78, 5) is 8.33. The standard InChI is InChI=1S/C15H16ClN3O2/c1-9(2)12-14(16)18-7-19-15(12)17-6-10-4-3-5-11-13(10)21-8-20-11/h3-5,7,9H,6,8H2,1-2H3,(H,17,18,19). The van der Waals surface area contributed by atoms with Gasteiger partial charge >= 0.3 is 0 Å². The summed E-state index contributed by atoms with van der Waals surface area (Å²) in [6.07, 6.45) is 1.46. The Morgan fingerprint density at radius 1 is 1.29 bits per heavy atom. The largest absolute Gasteiger partial charge is 0.454 e. The molecule has 0 unspecified atom stereocenters. The summed E-state index contributed by atoms with van der Waals surface area (Å²) in [6, 6.07) is 5.84. The van der Waals surface area contributed by atoms with Gasteiger partial charge in [-0.05, 0) is 12.0 Å². The summed E-state index contributed by atoms with van der Waals surface area (Å²) in [7, 11) is 0. The van der Waals surface area contributed by atoms with Crippen molar-refractivity contribution in [1.82, 2.24) is 9.97 Å². The van der Waals surface area contributed by atoms with Crippen LogP contribution < -0.4 is 14.8 Å². The molecule has 0 fully saturated rings. The van der Waals surface area contributed by atoms with E-state index in [0.717, 1.165) is 28.4 Å². The molecule has 1 aliphatic heterocycles. The van der Waals surface area contributed by atoms with E-state index in [4.69, 9.17) is 21.1 Å². The molecule has 0 saturated carbocycles. The Kier molecular flexibility index (Phi) is 3.84. The number of benzene rings is 1. The lowest BCUT2D eigenvalue weighted by Gasteiger charge is -2.14. The van der Waals surface area contributed by atoms with Gasteiger partial charge in [-0.25, -0.2) is 9.97 Å². The van der Waals surface area contributed by atoms with Crippen molar-refractivity contribution in [3.05, 3.63) is 40.8 Å². The van der Waals surface area contributed by atoms with E-state index in [1.54, 1.807) is 0 Å². The van der Waals surface area contributed by atoms with Gasteiger partial charge in [0.05, 0.1) is 0 Å². The predicted octanol–water partition coefficient (Wildman–Crippen LogP) is 3.59. The second-order valence-corrected chi connectivity index (χ2v) is 5.44. The van der Waals surface area contributed by atoms with Gasteiger partial charge in [0.2, 0.25) is 6.79 Å². The highest BCUT2D eigenvalue weighted by atomic mass is 35.5. The van der Waals surface area contributed by atoms with Crippen LogP contribution in [0, 0.1) is 0 Å². The Balaban J connectivity index is 1.83. The quantitative estimate of drug-likeness (QED) is 0.875. The molecule has 1 N–H and O–H groups in total. The Morgan fingerprint density at radius 3 is 2.95 bits per heavy atom. The minimum Gasteiger partial charge on any atom is -0.454 e. The van der Waals surface area contributed by atoms with Gasteiger partial charge < -0.3 is 14.8 Å². The van der Waals surface area contributed by atoms with Crippen molar-refractivity contribution in [2.24, 2.45) is 0 Å². The fourth-order valence-corrected chi connectivity index (χ4v) is 2.69. The fraction of sp³-hybridized carbons (Fsp3) is 0.333. The molecule has 2 heterocycles. The van der Waals surface area contributed by atoms with E-state index in [-0.39, 0.29) is 12.7 Å². The van der Waals surface area contributed by atoms with Crippen LogP contribution >= 0.6 is 11.6 Å². The number of hydrogen-bond donors (Lipinski definition) is 1. The van der Waals surface area contributed by atoms with Crippen molar-refractivity contribution in [3.8, 4) is 11.5 Å². The smallest absolute Gasteiger partial charge is 0.231 e. The summed E-state index contributed by atoms with van der Waals surface area (Å²) in [6.45, 7) is 4.97. The number of nitrogens with one attached hydrogen (secondary N) is 1. The second-order valence-electron chi connectivity index (χ2n) is 5.09. The van der Waals surface area contributed by atoms with E-state index < -0.39 is 0 Å². The zero-order chi connectivity index (χ0) is 14.8. The van der Waals surface area contributed by atoms with E-state index in [1.165, 1.54) is 6.33 Å². The first-order valence-electron chi connectivity index (χ1n) is 6.78. The molecule has 3 rings (SSSR count). The van der Waals surface area contributed by atoms with E-state index >= 15 is 0 Å². The zero-order valence-corrected chi connectivity index (χ0v) is 12.6. The van der Waals surface area contributed by atoms with Crippen LogP contribution in [0.4, 0.5) is 5.82 Å². The first kappa shape index (κ1) is 13.9. The van der Waals surface area contributed by atoms with Crippen LogP contribution in [-0.4, -0.2) is 16.8 Å². The lowest BCUT2D eigenvalue weighted by Crippen LogP contribution is -2.07. The number of hydrogen-bond acceptors (Lipinski definition) is 5. The molecular weight excluding hydrogens is 290 g/mol. The van der Waals surface area contributed by atoms with E-state index in [0.29, 0.717) is 11.7 Å². The van der Waals surface area contributed by atoms with Crippen LogP contribution in [0.25, 0.3) is 0 Å². The van der Waals surface area contributed by atoms with Gasteiger partial charge in [0.1, 0.15) is 17.3 Å². The Morgan fingerprint density at radius 2 is 2.14 bits per heavy atom. The molecular formula is C15H16ClN3O2. The van der Waals surface area contributed by atoms with Crippen LogP contribution in [0.15, 0.2) is 24.5 Å². The Labute approximate surface area is 128 Å². The Bertz CT molecular complexity index is 661. The van der Waals surface area contributed by atoms with Crippen LogP contribution in [-0.2, 0) is 6.54 Å². The van der Waals surface area contributed by atoms with Crippen molar-refractivity contribution in [2.75, 3.05) is 12.1 Å². The van der Waals surface area contributed by atoms with Crippen molar-refractivity contribution >= 4 is 17.4 Å². The third-order valence-electron chi connectivity index (χ3n) is 3.34. The van der Waals surface area contributed by atoms with E-state index in [9.17, 15) is 0 Å². The molecule has 1 aromatic heterocycles. The van der Waals surface area contributed by atoms with Gasteiger partial charge in [0, 0.05) is 17.7 Å². The molecule has 0 amide bonds. The van der Waals surface area contributed by atoms with Gasteiger partial charge in [0.25, 0.3) is 0 Å². The molecule has 110 valence electrons. The lowest BCUT2D eigenvalue weighted by atomic mass is 10.1. The summed E-state index contributed by atoms with van der Waals surface area (Å²) in [5.74, 6) is 2.55. The number of nitrogens with zero attached hydrogens (tertiary/aromatic N) is 2. The maximum atomic E-state index is 6.16. The van der Waals surface area contributed by atoms with Crippen molar-refractivity contribution < 1.29 is 9.47 Å². The van der Waals surface area contributed by atoms with Crippen LogP contribution in [0.1, 0.15) is 30.9 Å². The Hall–Kier alpha value is -2.01. The van der Waals surface area contributed by atoms with E-state index in [1.807, 2.05) is 18.2 Å². The highest BCUT2D eigenvalue weighted by molar-refractivity contribution is 6.30. The fourth-order valence-electron chi connectivity index (χ4n) is 2.34. The van der Waals surface area contributed by atoms with Gasteiger partial charge in [-0.2, -0.15) is 0 Å². The van der Waals surface area contributed by atoms with Crippen LogP contribution in [0.3, 0.4) is 0 Å². The second kappa shape index (κ2) is 5.77. The van der Waals surface area contributed by atoms with Crippen LogP contribution in [0.5, 0.6) is 11.5 Å². The molecule has 0 bridgehead atoms. The molecule has 0 aliphatic carbocycles. The molecule has 5 nitrogen and oxygen atoms in total. The molecule has 0 spiro atoms. The van der Waals surface area contributed by atoms with Crippen LogP contribution in [0.2, 0.25) is 5.15 Å². The molecule has 21 heavy (non-hydrogen) atoms. The van der Waals surface area contributed by atoms with Crippen molar-refractivity contribution in [1.29, 1.82) is 0 Å². The molecule has 6 heteroatoms. The summed E-state index contributed by atoms with van der Waals surface area (Å²) < 4.78 is 10.9. The topological polar surface area (TPSA) is 56.3 Å². The highest BCUT2D eigenvalue weighted by Crippen LogP contribution is 2.36. The lowest BCUT2D eigenvalue weighted by molar-refractivity contribution is 0.173. The van der Waals surface area contributed by atoms with Gasteiger partial charge in [-0.1, -0.05) is 37.6 Å². The van der Waals surface area contributed by atoms with Gasteiger partial charge in [-0.15, -0.1) is 0 Å². The minimum atomic E-state index is 0.238. The van der Waals surface area contributed by atoms with Crippen molar-refractivity contribution in [3.63, 3.8) is 0 Å². The molecule has 0 radical (unpaired) electrons. The number of anilines is 1. The summed E-state index contributed by atoms with van der Waals surface area (Å²) in [5, 5.41) is 3.80. The first-order valence-corrected chi connectivity index (χ1v) is 7.16. The van der Waals surface area contributed by atoms with Crippen molar-refractivity contribution in [2.45, 2.75) is 26.3 Å². The summed E-state index contributed by atoms with van der Waals surface area (Å²) >= 11 is 6.16. The minimum absolute atomic E-state index is 0.238. The zero-order valence-electron chi connectivity index (χ0n) is 11.9. The average molecular weight is 306 g/mol. The van der Waals surface area contributed by atoms with Gasteiger partial charge in [-0.3, -0.25) is 0 Å². The number of halogens is 1.